The van der Waals surface area contributed by atoms with Gasteiger partial charge in [0.2, 0.25) is 15.9 Å². The van der Waals surface area contributed by atoms with Gasteiger partial charge in [0, 0.05) is 41.7 Å². The monoisotopic (exact) mass is 717 g/mol. The number of ether oxygens (including phenoxy) is 1. The van der Waals surface area contributed by atoms with Crippen molar-refractivity contribution in [3.8, 4) is 0 Å². The van der Waals surface area contributed by atoms with Gasteiger partial charge >= 0.3 is 6.09 Å². The van der Waals surface area contributed by atoms with E-state index in [4.69, 9.17) is 22.1 Å². The van der Waals surface area contributed by atoms with Crippen LogP contribution in [-0.4, -0.2) is 76.7 Å². The van der Waals surface area contributed by atoms with Gasteiger partial charge in [0.25, 0.3) is 0 Å². The highest BCUT2D eigenvalue weighted by Gasteiger charge is 2.48. The maximum absolute atomic E-state index is 15.4. The van der Waals surface area contributed by atoms with Crippen LogP contribution in [0.15, 0.2) is 60.9 Å². The number of carbonyl (C=O) groups excluding carboxylic acids is 2. The smallest absolute Gasteiger partial charge is 0.410 e. The maximum Gasteiger partial charge on any atom is 0.410 e. The van der Waals surface area contributed by atoms with E-state index < -0.39 is 68.6 Å². The summed E-state index contributed by atoms with van der Waals surface area (Å²) in [6.45, 7) is 7.22. The van der Waals surface area contributed by atoms with Gasteiger partial charge in [-0.25, -0.2) is 22.0 Å². The van der Waals surface area contributed by atoms with E-state index in [2.05, 4.69) is 10.3 Å². The number of amides is 2. The van der Waals surface area contributed by atoms with Crippen LogP contribution in [0.1, 0.15) is 69.6 Å². The topological polar surface area (TPSA) is 135 Å². The van der Waals surface area contributed by atoms with Gasteiger partial charge in [-0.2, -0.15) is 4.31 Å². The second-order valence-electron chi connectivity index (χ2n) is 13.7. The molecule has 2 aliphatic rings. The lowest BCUT2D eigenvalue weighted by atomic mass is 9.85. The molecule has 49 heavy (non-hydrogen) atoms. The predicted octanol–water partition coefficient (Wildman–Crippen LogP) is 5.85. The third kappa shape index (κ3) is 8.75. The van der Waals surface area contributed by atoms with Gasteiger partial charge < -0.3 is 20.7 Å². The van der Waals surface area contributed by atoms with Crippen molar-refractivity contribution in [2.24, 2.45) is 5.73 Å². The molecule has 4 atom stereocenters. The number of nitrogens with one attached hydrogen (secondary N) is 1. The summed E-state index contributed by atoms with van der Waals surface area (Å²) in [5, 5.41) is 2.71. The second-order valence-corrected chi connectivity index (χ2v) is 16.3. The van der Waals surface area contributed by atoms with Crippen molar-refractivity contribution in [1.29, 1.82) is 0 Å². The number of piperazine rings is 1. The number of aromatic nitrogens is 1. The Morgan fingerprint density at radius 2 is 1.78 bits per heavy atom. The molecule has 4 unspecified atom stereocenters. The molecule has 1 aromatic heterocycles. The van der Waals surface area contributed by atoms with Crippen LogP contribution >= 0.6 is 11.6 Å². The Kier molecular flexibility index (Phi) is 11.0. The zero-order valence-electron chi connectivity index (χ0n) is 27.9. The Morgan fingerprint density at radius 3 is 2.41 bits per heavy atom. The van der Waals surface area contributed by atoms with Crippen molar-refractivity contribution >= 4 is 39.3 Å². The zero-order chi connectivity index (χ0) is 35.7. The number of nitrogens with two attached hydrogens (primary N) is 1. The molecule has 2 aromatic carbocycles. The lowest BCUT2D eigenvalue weighted by Crippen LogP contribution is -2.61. The molecule has 3 aromatic rings. The Bertz CT molecular complexity index is 1790. The van der Waals surface area contributed by atoms with E-state index in [0.29, 0.717) is 29.0 Å². The first kappa shape index (κ1) is 36.6. The van der Waals surface area contributed by atoms with Crippen LogP contribution in [0.4, 0.5) is 19.3 Å². The summed E-state index contributed by atoms with van der Waals surface area (Å²) in [6.07, 6.45) is 3.05. The molecule has 2 amide bonds. The molecule has 3 N–H and O–H groups in total. The Morgan fingerprint density at radius 1 is 1.08 bits per heavy atom. The average Bonchev–Trinajstić information content (AvgIpc) is 3.87. The second kappa shape index (κ2) is 14.7. The third-order valence-corrected chi connectivity index (χ3v) is 11.5. The average molecular weight is 718 g/mol. The number of hydrogen-bond acceptors (Lipinski definition) is 7. The number of hydrogen-bond donors (Lipinski definition) is 2. The molecule has 10 nitrogen and oxygen atoms in total. The first-order valence-electron chi connectivity index (χ1n) is 16.2. The van der Waals surface area contributed by atoms with Crippen LogP contribution in [0.2, 0.25) is 5.02 Å². The van der Waals surface area contributed by atoms with Gasteiger partial charge in [-0.15, -0.1) is 0 Å². The van der Waals surface area contributed by atoms with E-state index in [0.717, 1.165) is 6.20 Å². The Labute approximate surface area is 291 Å². The quantitative estimate of drug-likeness (QED) is 0.269. The molecule has 264 valence electrons. The van der Waals surface area contributed by atoms with Crippen LogP contribution in [0.5, 0.6) is 0 Å². The maximum atomic E-state index is 15.4. The van der Waals surface area contributed by atoms with Gasteiger partial charge in [0.05, 0.1) is 29.4 Å². The number of nitrogens with zero attached hydrogens (tertiary/aromatic N) is 3. The Hall–Kier alpha value is -3.65. The summed E-state index contributed by atoms with van der Waals surface area (Å²) in [4.78, 5) is 32.2. The highest BCUT2D eigenvalue weighted by Crippen LogP contribution is 2.36. The highest BCUT2D eigenvalue weighted by molar-refractivity contribution is 7.90. The number of halogens is 3. The van der Waals surface area contributed by atoms with Gasteiger partial charge in [0.1, 0.15) is 17.2 Å². The molecule has 1 aliphatic heterocycles. The minimum Gasteiger partial charge on any atom is -0.444 e. The summed E-state index contributed by atoms with van der Waals surface area (Å²) < 4.78 is 63.9. The summed E-state index contributed by atoms with van der Waals surface area (Å²) in [6, 6.07) is 10.0. The first-order chi connectivity index (χ1) is 23.0. The first-order valence-corrected chi connectivity index (χ1v) is 18.1. The van der Waals surface area contributed by atoms with E-state index in [1.807, 2.05) is 0 Å². The molecule has 14 heteroatoms. The van der Waals surface area contributed by atoms with Crippen LogP contribution in [0.25, 0.3) is 0 Å². The fraction of sp³-hybridized carbons (Fsp3) is 0.457. The van der Waals surface area contributed by atoms with Gasteiger partial charge in [-0.05, 0) is 88.8 Å². The van der Waals surface area contributed by atoms with Crippen LogP contribution in [0, 0.1) is 11.6 Å². The van der Waals surface area contributed by atoms with E-state index >= 15 is 4.39 Å². The summed E-state index contributed by atoms with van der Waals surface area (Å²) in [7, 11) is -3.67. The molecular weight excluding hydrogens is 676 g/mol. The van der Waals surface area contributed by atoms with Crippen molar-refractivity contribution in [2.45, 2.75) is 88.3 Å². The lowest BCUT2D eigenvalue weighted by molar-refractivity contribution is -0.117. The number of benzene rings is 2. The van der Waals surface area contributed by atoms with Crippen LogP contribution in [-0.2, 0) is 26.0 Å². The SMILES string of the molecule is CC1CN(C(=O)OC(C)(C)C)CC(CCc2c(F)cncc2NC(=O)C(N)C(c2ccc(Cl)cc2)c2cccc(F)c2)N1S(=O)(=O)C1CC1. The molecule has 0 bridgehead atoms. The number of pyridine rings is 1. The van der Waals surface area contributed by atoms with E-state index in [1.54, 1.807) is 58.0 Å². The van der Waals surface area contributed by atoms with Crippen molar-refractivity contribution in [3.05, 3.63) is 94.3 Å². The Balaban J connectivity index is 1.39. The molecule has 1 aliphatic carbocycles. The van der Waals surface area contributed by atoms with Crippen molar-refractivity contribution in [2.75, 3.05) is 18.4 Å². The number of rotatable bonds is 10. The fourth-order valence-electron chi connectivity index (χ4n) is 6.34. The molecule has 2 fully saturated rings. The van der Waals surface area contributed by atoms with E-state index in [-0.39, 0.29) is 37.2 Å². The predicted molar refractivity (Wildman–Crippen MR) is 184 cm³/mol. The fourth-order valence-corrected chi connectivity index (χ4v) is 8.70. The summed E-state index contributed by atoms with van der Waals surface area (Å²) in [5.41, 5.74) is 7.04. The molecule has 1 saturated carbocycles. The standard InChI is InChI=1S/C35H42ClF2N5O5S/c1-21-19-42(34(45)48-35(2,3)4)20-26(43(21)49(46,47)27-13-14-27)12-15-28-29(38)17-40-18-30(28)41-33(44)32(39)31(22-8-10-24(36)11-9-22)23-6-5-7-25(37)16-23/h5-11,16-18,21,26-27,31-32H,12-15,19-20,39H2,1-4H3,(H,41,44). The third-order valence-electron chi connectivity index (χ3n) is 8.69. The highest BCUT2D eigenvalue weighted by atomic mass is 35.5. The van der Waals surface area contributed by atoms with Crippen molar-refractivity contribution < 1.29 is 31.5 Å². The van der Waals surface area contributed by atoms with Crippen molar-refractivity contribution in [3.63, 3.8) is 0 Å². The molecule has 0 spiro atoms. The van der Waals surface area contributed by atoms with E-state index in [1.165, 1.54) is 33.6 Å². The molecule has 2 heterocycles. The van der Waals surface area contributed by atoms with Crippen LogP contribution in [0.3, 0.4) is 0 Å². The lowest BCUT2D eigenvalue weighted by Gasteiger charge is -2.45. The molecule has 1 saturated heterocycles. The van der Waals surface area contributed by atoms with E-state index in [9.17, 15) is 22.4 Å². The number of sulfonamides is 1. The summed E-state index contributed by atoms with van der Waals surface area (Å²) in [5.74, 6) is -2.64. The number of anilines is 1. The normalized spacial score (nSPS) is 20.0. The molecule has 5 rings (SSSR count). The largest absolute Gasteiger partial charge is 0.444 e. The molecule has 0 radical (unpaired) electrons. The minimum atomic E-state index is -3.67. The number of carbonyl (C=O) groups is 2. The van der Waals surface area contributed by atoms with Gasteiger partial charge in [-0.3, -0.25) is 9.78 Å². The zero-order valence-corrected chi connectivity index (χ0v) is 29.5. The minimum absolute atomic E-state index is 0.0138. The van der Waals surface area contributed by atoms with Crippen LogP contribution < -0.4 is 11.1 Å². The van der Waals surface area contributed by atoms with Gasteiger partial charge in [-0.1, -0.05) is 35.9 Å². The van der Waals surface area contributed by atoms with Crippen molar-refractivity contribution in [1.82, 2.24) is 14.2 Å². The summed E-state index contributed by atoms with van der Waals surface area (Å²) >= 11 is 6.09. The van der Waals surface area contributed by atoms with Gasteiger partial charge in [0.15, 0.2) is 0 Å². The molecular formula is C35H42ClF2N5O5S.